The van der Waals surface area contributed by atoms with Crippen molar-refractivity contribution in [3.63, 3.8) is 0 Å². The summed E-state index contributed by atoms with van der Waals surface area (Å²) in [7, 11) is 0. The summed E-state index contributed by atoms with van der Waals surface area (Å²) in [5, 5.41) is 3.73. The second kappa shape index (κ2) is 2.64. The van der Waals surface area contributed by atoms with Gasteiger partial charge in [0.2, 0.25) is 0 Å². The third kappa shape index (κ3) is 1.29. The highest BCUT2D eigenvalue weighted by atomic mass is 16.5. The van der Waals surface area contributed by atoms with Gasteiger partial charge in [0.05, 0.1) is 5.69 Å². The van der Waals surface area contributed by atoms with Crippen LogP contribution in [0.25, 0.3) is 0 Å². The van der Waals surface area contributed by atoms with E-state index in [0.717, 1.165) is 5.69 Å². The van der Waals surface area contributed by atoms with Crippen LogP contribution in [0.2, 0.25) is 0 Å². The molecule has 1 atom stereocenters. The quantitative estimate of drug-likeness (QED) is 0.635. The predicted molar refractivity (Wildman–Crippen MR) is 34.0 cm³/mol. The Hall–Kier alpha value is -0.830. The first-order chi connectivity index (χ1) is 4.34. The fourth-order valence-electron chi connectivity index (χ4n) is 0.597. The van der Waals surface area contributed by atoms with Crippen molar-refractivity contribution >= 4 is 0 Å². The molecule has 0 amide bonds. The van der Waals surface area contributed by atoms with Gasteiger partial charge >= 0.3 is 0 Å². The molecule has 0 aliphatic carbocycles. The smallest absolute Gasteiger partial charge is 0.124 e. The second-order valence-corrected chi connectivity index (χ2v) is 2.06. The van der Waals surface area contributed by atoms with Gasteiger partial charge in [0.25, 0.3) is 0 Å². The van der Waals surface area contributed by atoms with Crippen LogP contribution in [-0.4, -0.2) is 11.7 Å². The molecule has 3 heteroatoms. The summed E-state index contributed by atoms with van der Waals surface area (Å²) in [6.07, 6.45) is 1.56. The zero-order valence-electron chi connectivity index (χ0n) is 5.37. The van der Waals surface area contributed by atoms with Crippen molar-refractivity contribution in [3.05, 3.63) is 18.0 Å². The molecule has 1 heterocycles. The van der Waals surface area contributed by atoms with Gasteiger partial charge in [-0.15, -0.1) is 0 Å². The Bertz CT molecular complexity index is 160. The monoisotopic (exact) mass is 126 g/mol. The zero-order chi connectivity index (χ0) is 6.69. The molecular weight excluding hydrogens is 116 g/mol. The van der Waals surface area contributed by atoms with Crippen molar-refractivity contribution < 1.29 is 4.52 Å². The van der Waals surface area contributed by atoms with Gasteiger partial charge in [-0.3, -0.25) is 0 Å². The van der Waals surface area contributed by atoms with E-state index in [1.807, 2.05) is 13.0 Å². The van der Waals surface area contributed by atoms with Gasteiger partial charge in [0, 0.05) is 18.5 Å². The van der Waals surface area contributed by atoms with Crippen LogP contribution in [0.5, 0.6) is 0 Å². The van der Waals surface area contributed by atoms with E-state index in [9.17, 15) is 0 Å². The van der Waals surface area contributed by atoms with E-state index in [-0.39, 0.29) is 0 Å². The number of nitrogens with two attached hydrogens (primary N) is 1. The average molecular weight is 126 g/mol. The third-order valence-electron chi connectivity index (χ3n) is 1.32. The number of nitrogens with zero attached hydrogens (tertiary/aromatic N) is 1. The summed E-state index contributed by atoms with van der Waals surface area (Å²) in [4.78, 5) is 0. The van der Waals surface area contributed by atoms with Crippen LogP contribution in [0.1, 0.15) is 18.5 Å². The first kappa shape index (κ1) is 6.29. The fraction of sp³-hybridized carbons (Fsp3) is 0.500. The van der Waals surface area contributed by atoms with Crippen molar-refractivity contribution in [1.82, 2.24) is 5.16 Å². The van der Waals surface area contributed by atoms with Gasteiger partial charge < -0.3 is 10.3 Å². The van der Waals surface area contributed by atoms with Crippen LogP contribution < -0.4 is 5.73 Å². The highest BCUT2D eigenvalue weighted by Crippen LogP contribution is 2.08. The SMILES string of the molecule is CC(CN)c1ccon1. The van der Waals surface area contributed by atoms with Crippen molar-refractivity contribution in [2.45, 2.75) is 12.8 Å². The maximum Gasteiger partial charge on any atom is 0.124 e. The van der Waals surface area contributed by atoms with Gasteiger partial charge in [-0.2, -0.15) is 0 Å². The first-order valence-corrected chi connectivity index (χ1v) is 2.95. The molecule has 3 nitrogen and oxygen atoms in total. The van der Waals surface area contributed by atoms with Crippen molar-refractivity contribution in [2.24, 2.45) is 5.73 Å². The zero-order valence-corrected chi connectivity index (χ0v) is 5.37. The molecule has 0 saturated heterocycles. The number of rotatable bonds is 2. The van der Waals surface area contributed by atoms with E-state index in [1.165, 1.54) is 0 Å². The molecule has 0 fully saturated rings. The van der Waals surface area contributed by atoms with Crippen LogP contribution in [-0.2, 0) is 0 Å². The van der Waals surface area contributed by atoms with Crippen molar-refractivity contribution in [2.75, 3.05) is 6.54 Å². The van der Waals surface area contributed by atoms with Crippen LogP contribution in [0.4, 0.5) is 0 Å². The second-order valence-electron chi connectivity index (χ2n) is 2.06. The highest BCUT2D eigenvalue weighted by molar-refractivity contribution is 5.02. The normalized spacial score (nSPS) is 13.6. The lowest BCUT2D eigenvalue weighted by molar-refractivity contribution is 0.407. The lowest BCUT2D eigenvalue weighted by Crippen LogP contribution is -2.08. The van der Waals surface area contributed by atoms with Gasteiger partial charge in [0.1, 0.15) is 6.26 Å². The predicted octanol–water partition coefficient (Wildman–Crippen LogP) is 0.737. The Labute approximate surface area is 53.8 Å². The van der Waals surface area contributed by atoms with Crippen molar-refractivity contribution in [1.29, 1.82) is 0 Å². The minimum Gasteiger partial charge on any atom is -0.365 e. The molecule has 0 aliphatic heterocycles. The molecule has 9 heavy (non-hydrogen) atoms. The summed E-state index contributed by atoms with van der Waals surface area (Å²) in [5.74, 6) is 0.309. The lowest BCUT2D eigenvalue weighted by atomic mass is 10.1. The first-order valence-electron chi connectivity index (χ1n) is 2.95. The summed E-state index contributed by atoms with van der Waals surface area (Å²) in [6, 6.07) is 1.83. The highest BCUT2D eigenvalue weighted by Gasteiger charge is 2.04. The number of hydrogen-bond acceptors (Lipinski definition) is 3. The Morgan fingerprint density at radius 2 is 2.67 bits per heavy atom. The third-order valence-corrected chi connectivity index (χ3v) is 1.32. The molecule has 0 aliphatic rings. The minimum atomic E-state index is 0.309. The van der Waals surface area contributed by atoms with Crippen molar-refractivity contribution in [3.8, 4) is 0 Å². The Morgan fingerprint density at radius 1 is 1.89 bits per heavy atom. The molecule has 50 valence electrons. The molecule has 0 spiro atoms. The molecule has 0 bridgehead atoms. The minimum absolute atomic E-state index is 0.309. The van der Waals surface area contributed by atoms with Gasteiger partial charge in [-0.1, -0.05) is 12.1 Å². The van der Waals surface area contributed by atoms with Crippen LogP contribution in [0.3, 0.4) is 0 Å². The molecule has 1 rings (SSSR count). The van der Waals surface area contributed by atoms with E-state index in [4.69, 9.17) is 5.73 Å². The Morgan fingerprint density at radius 3 is 3.11 bits per heavy atom. The Kier molecular flexibility index (Phi) is 1.85. The maximum absolute atomic E-state index is 5.38. The number of hydrogen-bond donors (Lipinski definition) is 1. The van der Waals surface area contributed by atoms with Crippen LogP contribution in [0.15, 0.2) is 16.9 Å². The molecule has 1 unspecified atom stereocenters. The average Bonchev–Trinajstić information content (AvgIpc) is 2.37. The summed E-state index contributed by atoms with van der Waals surface area (Å²) in [5.41, 5.74) is 6.31. The summed E-state index contributed by atoms with van der Waals surface area (Å²) in [6.45, 7) is 2.63. The van der Waals surface area contributed by atoms with Crippen LogP contribution >= 0.6 is 0 Å². The van der Waals surface area contributed by atoms with E-state index in [1.54, 1.807) is 6.26 Å². The maximum atomic E-state index is 5.38. The summed E-state index contributed by atoms with van der Waals surface area (Å²) >= 11 is 0. The van der Waals surface area contributed by atoms with Gasteiger partial charge in [-0.25, -0.2) is 0 Å². The summed E-state index contributed by atoms with van der Waals surface area (Å²) < 4.78 is 4.63. The lowest BCUT2D eigenvalue weighted by Gasteiger charge is -1.99. The largest absolute Gasteiger partial charge is 0.365 e. The molecule has 1 aromatic rings. The van der Waals surface area contributed by atoms with Crippen LogP contribution in [0, 0.1) is 0 Å². The van der Waals surface area contributed by atoms with Gasteiger partial charge in [0.15, 0.2) is 0 Å². The molecule has 2 N–H and O–H groups in total. The standard InChI is InChI=1S/C6H10N2O/c1-5(4-7)6-2-3-9-8-6/h2-3,5H,4,7H2,1H3. The molecule has 0 aromatic carbocycles. The Balaban J connectivity index is 2.65. The topological polar surface area (TPSA) is 52.0 Å². The number of aromatic nitrogens is 1. The molecule has 0 radical (unpaired) electrons. The van der Waals surface area contributed by atoms with E-state index < -0.39 is 0 Å². The molecule has 0 saturated carbocycles. The van der Waals surface area contributed by atoms with Gasteiger partial charge in [-0.05, 0) is 0 Å². The van der Waals surface area contributed by atoms with E-state index >= 15 is 0 Å². The molecular formula is C6H10N2O. The molecule has 1 aromatic heterocycles. The fourth-order valence-corrected chi connectivity index (χ4v) is 0.597. The van der Waals surface area contributed by atoms with E-state index in [0.29, 0.717) is 12.5 Å². The van der Waals surface area contributed by atoms with E-state index in [2.05, 4.69) is 9.68 Å².